The number of aromatic nitrogens is 3. The predicted molar refractivity (Wildman–Crippen MR) is 66.3 cm³/mol. The van der Waals surface area contributed by atoms with Crippen molar-refractivity contribution in [2.75, 3.05) is 6.54 Å². The molecule has 1 amide bonds. The number of hydrogen-bond donors (Lipinski definition) is 1. The average Bonchev–Trinajstić information content (AvgIpc) is 2.83. The van der Waals surface area contributed by atoms with E-state index >= 15 is 0 Å². The number of carbonyl (C=O) groups excluding carboxylic acids is 1. The van der Waals surface area contributed by atoms with E-state index in [0.29, 0.717) is 0 Å². The SMILES string of the molecule is CCC(CC)C(=O)NCCCCn1ccnn1. The van der Waals surface area contributed by atoms with E-state index in [4.69, 9.17) is 0 Å². The second kappa shape index (κ2) is 7.81. The van der Waals surface area contributed by atoms with Crippen molar-refractivity contribution in [2.45, 2.75) is 46.1 Å². The summed E-state index contributed by atoms with van der Waals surface area (Å²) < 4.78 is 1.81. The number of aryl methyl sites for hydroxylation is 1. The van der Waals surface area contributed by atoms with Crippen LogP contribution >= 0.6 is 0 Å². The Bertz CT molecular complexity index is 306. The zero-order chi connectivity index (χ0) is 12.5. The molecule has 1 N–H and O–H groups in total. The minimum absolute atomic E-state index is 0.172. The Kier molecular flexibility index (Phi) is 6.29. The Hall–Kier alpha value is -1.39. The van der Waals surface area contributed by atoms with Crippen LogP contribution in [0, 0.1) is 5.92 Å². The third-order valence-electron chi connectivity index (χ3n) is 2.94. The molecule has 0 spiro atoms. The first kappa shape index (κ1) is 13.7. The molecule has 1 rings (SSSR count). The van der Waals surface area contributed by atoms with Crippen LogP contribution in [0.4, 0.5) is 0 Å². The van der Waals surface area contributed by atoms with Gasteiger partial charge in [-0.1, -0.05) is 19.1 Å². The summed E-state index contributed by atoms with van der Waals surface area (Å²) >= 11 is 0. The molecular formula is C12H22N4O. The van der Waals surface area contributed by atoms with Crippen molar-refractivity contribution in [2.24, 2.45) is 5.92 Å². The largest absolute Gasteiger partial charge is 0.356 e. The average molecular weight is 238 g/mol. The van der Waals surface area contributed by atoms with Gasteiger partial charge in [-0.05, 0) is 25.7 Å². The van der Waals surface area contributed by atoms with E-state index in [2.05, 4.69) is 29.5 Å². The molecule has 0 aliphatic heterocycles. The topological polar surface area (TPSA) is 59.8 Å². The fourth-order valence-electron chi connectivity index (χ4n) is 1.77. The van der Waals surface area contributed by atoms with Gasteiger partial charge in [-0.2, -0.15) is 0 Å². The molecule has 1 heterocycles. The van der Waals surface area contributed by atoms with E-state index in [9.17, 15) is 4.79 Å². The first-order chi connectivity index (χ1) is 8.27. The molecule has 17 heavy (non-hydrogen) atoms. The second-order valence-corrected chi connectivity index (χ2v) is 4.18. The second-order valence-electron chi connectivity index (χ2n) is 4.18. The van der Waals surface area contributed by atoms with Gasteiger partial charge in [0, 0.05) is 25.2 Å². The monoisotopic (exact) mass is 238 g/mol. The van der Waals surface area contributed by atoms with Crippen molar-refractivity contribution in [1.29, 1.82) is 0 Å². The molecule has 0 unspecified atom stereocenters. The third kappa shape index (κ3) is 4.97. The molecular weight excluding hydrogens is 216 g/mol. The number of nitrogens with zero attached hydrogens (tertiary/aromatic N) is 3. The summed E-state index contributed by atoms with van der Waals surface area (Å²) in [5, 5.41) is 10.6. The summed E-state index contributed by atoms with van der Waals surface area (Å²) in [6, 6.07) is 0. The highest BCUT2D eigenvalue weighted by atomic mass is 16.1. The minimum atomic E-state index is 0.172. The smallest absolute Gasteiger partial charge is 0.223 e. The van der Waals surface area contributed by atoms with Crippen LogP contribution in [0.3, 0.4) is 0 Å². The molecule has 0 aromatic carbocycles. The zero-order valence-corrected chi connectivity index (χ0v) is 10.7. The van der Waals surface area contributed by atoms with Gasteiger partial charge >= 0.3 is 0 Å². The predicted octanol–water partition coefficient (Wildman–Crippen LogP) is 1.61. The highest BCUT2D eigenvalue weighted by Gasteiger charge is 2.12. The van der Waals surface area contributed by atoms with Gasteiger partial charge < -0.3 is 5.32 Å². The number of hydrogen-bond acceptors (Lipinski definition) is 3. The fraction of sp³-hybridized carbons (Fsp3) is 0.750. The summed E-state index contributed by atoms with van der Waals surface area (Å²) in [5.74, 6) is 0.362. The number of carbonyl (C=O) groups is 1. The van der Waals surface area contributed by atoms with Crippen LogP contribution in [-0.4, -0.2) is 27.4 Å². The van der Waals surface area contributed by atoms with Gasteiger partial charge in [-0.3, -0.25) is 9.48 Å². The van der Waals surface area contributed by atoms with Gasteiger partial charge in [0.2, 0.25) is 5.91 Å². The number of amides is 1. The molecule has 0 saturated heterocycles. The highest BCUT2D eigenvalue weighted by Crippen LogP contribution is 2.06. The molecule has 1 aromatic heterocycles. The van der Waals surface area contributed by atoms with Gasteiger partial charge in [-0.15, -0.1) is 5.10 Å². The van der Waals surface area contributed by atoms with E-state index in [0.717, 1.165) is 38.8 Å². The van der Waals surface area contributed by atoms with Crippen molar-refractivity contribution in [3.05, 3.63) is 12.4 Å². The molecule has 5 nitrogen and oxygen atoms in total. The first-order valence-corrected chi connectivity index (χ1v) is 6.39. The van der Waals surface area contributed by atoms with E-state index in [1.165, 1.54) is 0 Å². The van der Waals surface area contributed by atoms with Crippen molar-refractivity contribution >= 4 is 5.91 Å². The Labute approximate surface area is 103 Å². The summed E-state index contributed by atoms with van der Waals surface area (Å²) in [4.78, 5) is 11.7. The Morgan fingerprint density at radius 3 is 2.71 bits per heavy atom. The normalized spacial score (nSPS) is 10.8. The lowest BCUT2D eigenvalue weighted by Gasteiger charge is -2.12. The minimum Gasteiger partial charge on any atom is -0.356 e. The summed E-state index contributed by atoms with van der Waals surface area (Å²) in [5.41, 5.74) is 0. The van der Waals surface area contributed by atoms with E-state index in [-0.39, 0.29) is 11.8 Å². The molecule has 0 fully saturated rings. The zero-order valence-electron chi connectivity index (χ0n) is 10.7. The van der Waals surface area contributed by atoms with E-state index in [1.54, 1.807) is 6.20 Å². The maximum Gasteiger partial charge on any atom is 0.223 e. The van der Waals surface area contributed by atoms with Crippen LogP contribution in [0.2, 0.25) is 0 Å². The number of unbranched alkanes of at least 4 members (excludes halogenated alkanes) is 1. The van der Waals surface area contributed by atoms with E-state index in [1.807, 2.05) is 10.9 Å². The number of rotatable bonds is 8. The standard InChI is InChI=1S/C12H22N4O/c1-3-11(4-2)12(17)13-7-5-6-9-16-10-8-14-15-16/h8,10-11H,3-7,9H2,1-2H3,(H,13,17). The summed E-state index contributed by atoms with van der Waals surface area (Å²) in [6.45, 7) is 5.72. The third-order valence-corrected chi connectivity index (χ3v) is 2.94. The fourth-order valence-corrected chi connectivity index (χ4v) is 1.77. The van der Waals surface area contributed by atoms with Crippen LogP contribution in [0.5, 0.6) is 0 Å². The van der Waals surface area contributed by atoms with E-state index < -0.39 is 0 Å². The molecule has 0 radical (unpaired) electrons. The molecule has 0 atom stereocenters. The van der Waals surface area contributed by atoms with Crippen molar-refractivity contribution < 1.29 is 4.79 Å². The van der Waals surface area contributed by atoms with Crippen molar-refractivity contribution in [3.8, 4) is 0 Å². The van der Waals surface area contributed by atoms with Gasteiger partial charge in [0.05, 0.1) is 6.20 Å². The number of nitrogens with one attached hydrogen (secondary N) is 1. The molecule has 0 bridgehead atoms. The Morgan fingerprint density at radius 1 is 1.35 bits per heavy atom. The van der Waals surface area contributed by atoms with Crippen molar-refractivity contribution in [1.82, 2.24) is 20.3 Å². The summed E-state index contributed by atoms with van der Waals surface area (Å²) in [7, 11) is 0. The Morgan fingerprint density at radius 2 is 2.12 bits per heavy atom. The van der Waals surface area contributed by atoms with Crippen LogP contribution < -0.4 is 5.32 Å². The maximum absolute atomic E-state index is 11.7. The first-order valence-electron chi connectivity index (χ1n) is 6.39. The molecule has 0 aliphatic carbocycles. The molecule has 1 aromatic rings. The van der Waals surface area contributed by atoms with Crippen LogP contribution in [0.15, 0.2) is 12.4 Å². The van der Waals surface area contributed by atoms with Crippen LogP contribution in [0.25, 0.3) is 0 Å². The van der Waals surface area contributed by atoms with Gasteiger partial charge in [0.25, 0.3) is 0 Å². The molecule has 0 saturated carbocycles. The van der Waals surface area contributed by atoms with Gasteiger partial charge in [0.15, 0.2) is 0 Å². The quantitative estimate of drug-likeness (QED) is 0.700. The van der Waals surface area contributed by atoms with Crippen molar-refractivity contribution in [3.63, 3.8) is 0 Å². The lowest BCUT2D eigenvalue weighted by Crippen LogP contribution is -2.30. The van der Waals surface area contributed by atoms with Crippen LogP contribution in [0.1, 0.15) is 39.5 Å². The van der Waals surface area contributed by atoms with Gasteiger partial charge in [0.1, 0.15) is 0 Å². The molecule has 96 valence electrons. The molecule has 5 heteroatoms. The maximum atomic E-state index is 11.7. The van der Waals surface area contributed by atoms with Gasteiger partial charge in [-0.25, -0.2) is 0 Å². The Balaban J connectivity index is 2.05. The lowest BCUT2D eigenvalue weighted by molar-refractivity contribution is -0.125. The summed E-state index contributed by atoms with van der Waals surface area (Å²) in [6.07, 6.45) is 7.35. The van der Waals surface area contributed by atoms with Crippen LogP contribution in [-0.2, 0) is 11.3 Å². The molecule has 0 aliphatic rings. The lowest BCUT2D eigenvalue weighted by atomic mass is 10.0. The highest BCUT2D eigenvalue weighted by molar-refractivity contribution is 5.78.